The smallest absolute Gasteiger partial charge is 0.0929 e. The van der Waals surface area contributed by atoms with Crippen molar-refractivity contribution >= 4 is 15.9 Å². The molecule has 0 spiro atoms. The van der Waals surface area contributed by atoms with Crippen molar-refractivity contribution in [3.8, 4) is 0 Å². The van der Waals surface area contributed by atoms with Gasteiger partial charge in [-0.05, 0) is 35.2 Å². The number of ether oxygens (including phenoxy) is 1. The molecule has 120 valence electrons. The van der Waals surface area contributed by atoms with E-state index in [0.717, 1.165) is 36.0 Å². The number of hydrazine groups is 1. The zero-order chi connectivity index (χ0) is 15.3. The molecule has 6 heteroatoms. The van der Waals surface area contributed by atoms with E-state index in [9.17, 15) is 0 Å². The van der Waals surface area contributed by atoms with Gasteiger partial charge in [0, 0.05) is 13.7 Å². The van der Waals surface area contributed by atoms with Gasteiger partial charge >= 0.3 is 0 Å². The predicted molar refractivity (Wildman–Crippen MR) is 87.7 cm³/mol. The summed E-state index contributed by atoms with van der Waals surface area (Å²) in [7, 11) is 1.81. The molecule has 5 nitrogen and oxygen atoms in total. The minimum Gasteiger partial charge on any atom is -0.376 e. The number of nitrogens with two attached hydrogens (primary N) is 1. The summed E-state index contributed by atoms with van der Waals surface area (Å²) < 4.78 is 9.06. The number of nitrogens with one attached hydrogen (secondary N) is 1. The molecule has 21 heavy (non-hydrogen) atoms. The molecular formula is C15H27BrN4O. The second kappa shape index (κ2) is 7.72. The lowest BCUT2D eigenvalue weighted by molar-refractivity contribution is -0.0564. The van der Waals surface area contributed by atoms with Crippen LogP contribution in [0.3, 0.4) is 0 Å². The van der Waals surface area contributed by atoms with Crippen molar-refractivity contribution in [1.29, 1.82) is 0 Å². The highest BCUT2D eigenvalue weighted by Crippen LogP contribution is 2.41. The quantitative estimate of drug-likeness (QED) is 0.465. The van der Waals surface area contributed by atoms with E-state index in [4.69, 9.17) is 10.6 Å². The van der Waals surface area contributed by atoms with E-state index in [1.807, 2.05) is 18.0 Å². The topological polar surface area (TPSA) is 65.1 Å². The normalized spacial score (nSPS) is 20.2. The molecule has 2 rings (SSSR count). The van der Waals surface area contributed by atoms with Crippen molar-refractivity contribution in [3.05, 3.63) is 16.4 Å². The van der Waals surface area contributed by atoms with Crippen LogP contribution in [0.4, 0.5) is 0 Å². The lowest BCUT2D eigenvalue weighted by Gasteiger charge is -2.39. The number of hydrogen-bond acceptors (Lipinski definition) is 4. The Hall–Kier alpha value is -0.430. The molecule has 0 aliphatic heterocycles. The van der Waals surface area contributed by atoms with Crippen molar-refractivity contribution in [2.24, 2.45) is 5.84 Å². The lowest BCUT2D eigenvalue weighted by atomic mass is 9.84. The maximum atomic E-state index is 6.02. The van der Waals surface area contributed by atoms with E-state index in [1.165, 1.54) is 25.7 Å². The van der Waals surface area contributed by atoms with Crippen LogP contribution < -0.4 is 11.3 Å². The number of hydrogen-bond donors (Lipinski definition) is 2. The molecule has 1 aliphatic carbocycles. The van der Waals surface area contributed by atoms with E-state index in [1.54, 1.807) is 0 Å². The molecule has 1 saturated carbocycles. The van der Waals surface area contributed by atoms with Gasteiger partial charge in [-0.15, -0.1) is 0 Å². The summed E-state index contributed by atoms with van der Waals surface area (Å²) in [6, 6.07) is -0.0518. The van der Waals surface area contributed by atoms with Gasteiger partial charge in [0.2, 0.25) is 0 Å². The number of aromatic nitrogens is 2. The second-order valence-electron chi connectivity index (χ2n) is 5.88. The van der Waals surface area contributed by atoms with E-state index < -0.39 is 0 Å². The maximum Gasteiger partial charge on any atom is 0.0929 e. The molecule has 3 N–H and O–H groups in total. The SMILES string of the molecule is CCCn1ncc(Br)c1C(NN)C1(OC)CCCCCC1. The summed E-state index contributed by atoms with van der Waals surface area (Å²) >= 11 is 3.63. The third kappa shape index (κ3) is 3.50. The Balaban J connectivity index is 2.38. The van der Waals surface area contributed by atoms with Crippen molar-refractivity contribution in [2.45, 2.75) is 70.1 Å². The summed E-state index contributed by atoms with van der Waals surface area (Å²) in [6.45, 7) is 3.04. The largest absolute Gasteiger partial charge is 0.376 e. The molecule has 0 aromatic carbocycles. The van der Waals surface area contributed by atoms with Gasteiger partial charge < -0.3 is 4.74 Å². The lowest BCUT2D eigenvalue weighted by Crippen LogP contribution is -2.48. The molecule has 0 bridgehead atoms. The first-order chi connectivity index (χ1) is 10.2. The summed E-state index contributed by atoms with van der Waals surface area (Å²) in [6.07, 6.45) is 9.88. The molecule has 1 fully saturated rings. The Bertz CT molecular complexity index is 441. The molecule has 0 amide bonds. The summed E-state index contributed by atoms with van der Waals surface area (Å²) in [5.41, 5.74) is 3.87. The van der Waals surface area contributed by atoms with Gasteiger partial charge in [-0.25, -0.2) is 5.43 Å². The van der Waals surface area contributed by atoms with Gasteiger partial charge in [-0.3, -0.25) is 10.5 Å². The predicted octanol–water partition coefficient (Wildman–Crippen LogP) is 3.30. The first-order valence-electron chi connectivity index (χ1n) is 7.91. The first kappa shape index (κ1) is 16.9. The highest BCUT2D eigenvalue weighted by molar-refractivity contribution is 9.10. The Morgan fingerprint density at radius 3 is 2.62 bits per heavy atom. The molecule has 1 aromatic heterocycles. The molecule has 0 saturated heterocycles. The zero-order valence-corrected chi connectivity index (χ0v) is 14.7. The van der Waals surface area contributed by atoms with E-state index in [2.05, 4.69) is 33.4 Å². The summed E-state index contributed by atoms with van der Waals surface area (Å²) in [5, 5.41) is 4.48. The Morgan fingerprint density at radius 1 is 1.43 bits per heavy atom. The van der Waals surface area contributed by atoms with Crippen molar-refractivity contribution in [1.82, 2.24) is 15.2 Å². The van der Waals surface area contributed by atoms with E-state index in [0.29, 0.717) is 0 Å². The molecule has 1 aliphatic rings. The van der Waals surface area contributed by atoms with Crippen LogP contribution in [0.1, 0.15) is 63.6 Å². The van der Waals surface area contributed by atoms with Gasteiger partial charge in [0.25, 0.3) is 0 Å². The molecular weight excluding hydrogens is 332 g/mol. The fourth-order valence-electron chi connectivity index (χ4n) is 3.47. The maximum absolute atomic E-state index is 6.02. The summed E-state index contributed by atoms with van der Waals surface area (Å²) in [5.74, 6) is 5.95. The number of aryl methyl sites for hydroxylation is 1. The van der Waals surface area contributed by atoms with E-state index >= 15 is 0 Å². The Labute approximate surface area is 135 Å². The summed E-state index contributed by atoms with van der Waals surface area (Å²) in [4.78, 5) is 0. The van der Waals surface area contributed by atoms with Gasteiger partial charge in [0.15, 0.2) is 0 Å². The Kier molecular flexibility index (Phi) is 6.22. The van der Waals surface area contributed by atoms with Crippen LogP contribution in [-0.2, 0) is 11.3 Å². The van der Waals surface area contributed by atoms with Crippen molar-refractivity contribution in [3.63, 3.8) is 0 Å². The van der Waals surface area contributed by atoms with Gasteiger partial charge in [-0.2, -0.15) is 5.10 Å². The van der Waals surface area contributed by atoms with Crippen molar-refractivity contribution in [2.75, 3.05) is 7.11 Å². The first-order valence-corrected chi connectivity index (χ1v) is 8.70. The average Bonchev–Trinajstić information content (AvgIpc) is 2.72. The van der Waals surface area contributed by atoms with E-state index in [-0.39, 0.29) is 11.6 Å². The zero-order valence-electron chi connectivity index (χ0n) is 13.1. The third-order valence-corrected chi connectivity index (χ3v) is 5.20. The standard InChI is InChI=1S/C15H27BrN4O/c1-3-10-20-13(12(16)11-18-20)14(19-17)15(21-2)8-6-4-5-7-9-15/h11,14,19H,3-10,17H2,1-2H3. The fourth-order valence-corrected chi connectivity index (χ4v) is 3.99. The average molecular weight is 359 g/mol. The third-order valence-electron chi connectivity index (χ3n) is 4.59. The molecule has 1 atom stereocenters. The van der Waals surface area contributed by atoms with Crippen molar-refractivity contribution < 1.29 is 4.74 Å². The highest BCUT2D eigenvalue weighted by atomic mass is 79.9. The van der Waals surface area contributed by atoms with Crippen LogP contribution in [0.5, 0.6) is 0 Å². The molecule has 1 unspecified atom stereocenters. The fraction of sp³-hybridized carbons (Fsp3) is 0.800. The number of rotatable bonds is 6. The highest BCUT2D eigenvalue weighted by Gasteiger charge is 2.42. The molecule has 0 radical (unpaired) electrons. The Morgan fingerprint density at radius 2 is 2.10 bits per heavy atom. The van der Waals surface area contributed by atoms with Gasteiger partial charge in [0.05, 0.1) is 28.0 Å². The number of methoxy groups -OCH3 is 1. The minimum absolute atomic E-state index is 0.0518. The number of nitrogens with zero attached hydrogens (tertiary/aromatic N) is 2. The van der Waals surface area contributed by atoms with Crippen LogP contribution >= 0.6 is 15.9 Å². The minimum atomic E-state index is -0.251. The monoisotopic (exact) mass is 358 g/mol. The van der Waals surface area contributed by atoms with Crippen LogP contribution in [-0.4, -0.2) is 22.5 Å². The number of halogens is 1. The molecule has 1 aromatic rings. The molecule has 1 heterocycles. The van der Waals surface area contributed by atoms with Gasteiger partial charge in [-0.1, -0.05) is 32.6 Å². The second-order valence-corrected chi connectivity index (χ2v) is 6.74. The van der Waals surface area contributed by atoms with Gasteiger partial charge in [0.1, 0.15) is 0 Å². The van der Waals surface area contributed by atoms with Crippen LogP contribution in [0.2, 0.25) is 0 Å². The van der Waals surface area contributed by atoms with Crippen LogP contribution in [0, 0.1) is 0 Å². The van der Waals surface area contributed by atoms with Crippen LogP contribution in [0.25, 0.3) is 0 Å². The van der Waals surface area contributed by atoms with Crippen LogP contribution in [0.15, 0.2) is 10.7 Å².